The first-order valence-corrected chi connectivity index (χ1v) is 10.7. The zero-order chi connectivity index (χ0) is 19.7. The van der Waals surface area contributed by atoms with Gasteiger partial charge in [-0.05, 0) is 43.5 Å². The van der Waals surface area contributed by atoms with Gasteiger partial charge in [0.05, 0.1) is 5.60 Å². The van der Waals surface area contributed by atoms with Crippen LogP contribution in [0.4, 0.5) is 0 Å². The number of para-hydroxylation sites is 2. The molecule has 4 heteroatoms. The molecule has 1 saturated heterocycles. The molecule has 5 rings (SSSR count). The topological polar surface area (TPSA) is 28.4 Å². The fourth-order valence-electron chi connectivity index (χ4n) is 4.88. The van der Waals surface area contributed by atoms with Crippen molar-refractivity contribution in [1.82, 2.24) is 9.47 Å². The first-order valence-electron chi connectivity index (χ1n) is 10.7. The predicted octanol–water partition coefficient (Wildman–Crippen LogP) is 5.59. The molecule has 0 bridgehead atoms. The molecule has 1 aliphatic rings. The van der Waals surface area contributed by atoms with Crippen molar-refractivity contribution in [2.75, 3.05) is 19.6 Å². The molecule has 0 unspecified atom stereocenters. The minimum atomic E-state index is -0.662. The summed E-state index contributed by atoms with van der Waals surface area (Å²) in [4.78, 5) is 2.51. The van der Waals surface area contributed by atoms with Gasteiger partial charge in [0, 0.05) is 41.4 Å². The molecule has 0 amide bonds. The molecule has 3 aromatic carbocycles. The van der Waals surface area contributed by atoms with Gasteiger partial charge < -0.3 is 14.6 Å². The van der Waals surface area contributed by atoms with Gasteiger partial charge in [-0.15, -0.1) is 12.4 Å². The van der Waals surface area contributed by atoms with Gasteiger partial charge in [0.15, 0.2) is 0 Å². The molecular formula is C26H29ClN2O. The Kier molecular flexibility index (Phi) is 6.14. The smallest absolute Gasteiger partial charge is 0.0920 e. The first-order chi connectivity index (χ1) is 14.2. The number of halogens is 1. The van der Waals surface area contributed by atoms with E-state index in [1.54, 1.807) is 0 Å². The summed E-state index contributed by atoms with van der Waals surface area (Å²) in [6.07, 6.45) is 2.74. The molecule has 1 fully saturated rings. The van der Waals surface area contributed by atoms with Crippen LogP contribution in [0.3, 0.4) is 0 Å². The molecule has 0 spiro atoms. The van der Waals surface area contributed by atoms with Crippen molar-refractivity contribution in [2.45, 2.75) is 31.4 Å². The third-order valence-corrected chi connectivity index (χ3v) is 6.53. The molecule has 0 atom stereocenters. The van der Waals surface area contributed by atoms with E-state index in [1.807, 2.05) is 18.2 Å². The molecule has 0 saturated carbocycles. The predicted molar refractivity (Wildman–Crippen MR) is 127 cm³/mol. The molecule has 156 valence electrons. The maximum absolute atomic E-state index is 11.0. The van der Waals surface area contributed by atoms with E-state index in [2.05, 4.69) is 70.1 Å². The molecule has 1 aromatic heterocycles. The highest BCUT2D eigenvalue weighted by molar-refractivity contribution is 6.07. The van der Waals surface area contributed by atoms with Crippen molar-refractivity contribution in [2.24, 2.45) is 0 Å². The van der Waals surface area contributed by atoms with Gasteiger partial charge in [-0.1, -0.05) is 66.7 Å². The molecule has 30 heavy (non-hydrogen) atoms. The Balaban J connectivity index is 0.00000218. The summed E-state index contributed by atoms with van der Waals surface area (Å²) in [5.41, 5.74) is 3.05. The van der Waals surface area contributed by atoms with Crippen LogP contribution in [0.15, 0.2) is 78.9 Å². The Hall–Kier alpha value is -2.33. The van der Waals surface area contributed by atoms with E-state index < -0.39 is 5.60 Å². The van der Waals surface area contributed by atoms with Gasteiger partial charge in [-0.2, -0.15) is 0 Å². The second-order valence-corrected chi connectivity index (χ2v) is 8.28. The molecule has 2 heterocycles. The van der Waals surface area contributed by atoms with Crippen LogP contribution in [0.1, 0.15) is 24.8 Å². The fraction of sp³-hybridized carbons (Fsp3) is 0.308. The maximum atomic E-state index is 11.0. The summed E-state index contributed by atoms with van der Waals surface area (Å²) in [6.45, 7) is 4.01. The average molecular weight is 421 g/mol. The van der Waals surface area contributed by atoms with Gasteiger partial charge in [-0.25, -0.2) is 0 Å². The normalized spacial score (nSPS) is 16.6. The standard InChI is InChI=1S/C26H28N2O.ClH/c29-26(21-9-2-1-3-10-21)15-19-27(20-16-26)17-8-18-28-24-13-6-4-11-22(24)23-12-5-7-14-25(23)28;/h1-7,9-14,29H,8,15-20H2;1H. The summed E-state index contributed by atoms with van der Waals surface area (Å²) < 4.78 is 2.47. The van der Waals surface area contributed by atoms with Crippen molar-refractivity contribution in [3.8, 4) is 0 Å². The van der Waals surface area contributed by atoms with E-state index in [0.717, 1.165) is 51.0 Å². The number of hydrogen-bond donors (Lipinski definition) is 1. The van der Waals surface area contributed by atoms with E-state index in [-0.39, 0.29) is 12.4 Å². The van der Waals surface area contributed by atoms with Crippen molar-refractivity contribution in [3.63, 3.8) is 0 Å². The lowest BCUT2D eigenvalue weighted by atomic mass is 9.84. The fourth-order valence-corrected chi connectivity index (χ4v) is 4.88. The summed E-state index contributed by atoms with van der Waals surface area (Å²) >= 11 is 0. The van der Waals surface area contributed by atoms with E-state index in [1.165, 1.54) is 21.8 Å². The molecule has 1 N–H and O–H groups in total. The van der Waals surface area contributed by atoms with Crippen molar-refractivity contribution in [3.05, 3.63) is 84.4 Å². The highest BCUT2D eigenvalue weighted by atomic mass is 35.5. The lowest BCUT2D eigenvalue weighted by Gasteiger charge is -2.38. The first kappa shape index (κ1) is 20.9. The molecular weight excluding hydrogens is 392 g/mol. The van der Waals surface area contributed by atoms with Gasteiger partial charge in [-0.3, -0.25) is 0 Å². The van der Waals surface area contributed by atoms with Crippen LogP contribution in [-0.2, 0) is 12.1 Å². The van der Waals surface area contributed by atoms with E-state index in [4.69, 9.17) is 0 Å². The number of fused-ring (bicyclic) bond motifs is 3. The third kappa shape index (κ3) is 3.85. The lowest BCUT2D eigenvalue weighted by Crippen LogP contribution is -2.43. The summed E-state index contributed by atoms with van der Waals surface area (Å²) in [7, 11) is 0. The van der Waals surface area contributed by atoms with Gasteiger partial charge in [0.2, 0.25) is 0 Å². The SMILES string of the molecule is Cl.OC1(c2ccccc2)CCN(CCCn2c3ccccc3c3ccccc32)CC1. The Labute approximate surface area is 184 Å². The van der Waals surface area contributed by atoms with E-state index >= 15 is 0 Å². The van der Waals surface area contributed by atoms with E-state index in [0.29, 0.717) is 0 Å². The van der Waals surface area contributed by atoms with Gasteiger partial charge in [0.1, 0.15) is 0 Å². The van der Waals surface area contributed by atoms with Crippen molar-refractivity contribution in [1.29, 1.82) is 0 Å². The summed E-state index contributed by atoms with van der Waals surface area (Å²) in [5, 5.41) is 13.7. The number of hydrogen-bond acceptors (Lipinski definition) is 2. The number of aryl methyl sites for hydroxylation is 1. The zero-order valence-corrected chi connectivity index (χ0v) is 18.0. The highest BCUT2D eigenvalue weighted by Gasteiger charge is 2.33. The molecule has 1 aliphatic heterocycles. The van der Waals surface area contributed by atoms with Crippen LogP contribution < -0.4 is 0 Å². The van der Waals surface area contributed by atoms with Crippen LogP contribution in [-0.4, -0.2) is 34.2 Å². The minimum Gasteiger partial charge on any atom is -0.385 e. The average Bonchev–Trinajstić information content (AvgIpc) is 3.10. The Morgan fingerprint density at radius 2 is 1.23 bits per heavy atom. The van der Waals surface area contributed by atoms with Crippen LogP contribution in [0.25, 0.3) is 21.8 Å². The van der Waals surface area contributed by atoms with E-state index in [9.17, 15) is 5.11 Å². The van der Waals surface area contributed by atoms with Crippen LogP contribution >= 0.6 is 12.4 Å². The number of rotatable bonds is 5. The lowest BCUT2D eigenvalue weighted by molar-refractivity contribution is -0.0261. The zero-order valence-electron chi connectivity index (χ0n) is 17.2. The molecule has 0 aliphatic carbocycles. The number of nitrogens with zero attached hydrogens (tertiary/aromatic N) is 2. The second-order valence-electron chi connectivity index (χ2n) is 8.28. The molecule has 4 aromatic rings. The molecule has 3 nitrogen and oxygen atoms in total. The molecule has 0 radical (unpaired) electrons. The quantitative estimate of drug-likeness (QED) is 0.455. The third-order valence-electron chi connectivity index (χ3n) is 6.53. The summed E-state index contributed by atoms with van der Waals surface area (Å²) in [6, 6.07) is 27.6. The monoisotopic (exact) mass is 420 g/mol. The largest absolute Gasteiger partial charge is 0.385 e. The number of likely N-dealkylation sites (tertiary alicyclic amines) is 1. The van der Waals surface area contributed by atoms with Crippen molar-refractivity contribution >= 4 is 34.2 Å². The number of benzene rings is 3. The van der Waals surface area contributed by atoms with Crippen molar-refractivity contribution < 1.29 is 5.11 Å². The highest BCUT2D eigenvalue weighted by Crippen LogP contribution is 2.33. The van der Waals surface area contributed by atoms with Gasteiger partial charge >= 0.3 is 0 Å². The number of piperidine rings is 1. The van der Waals surface area contributed by atoms with Crippen LogP contribution in [0.2, 0.25) is 0 Å². The minimum absolute atomic E-state index is 0. The van der Waals surface area contributed by atoms with Gasteiger partial charge in [0.25, 0.3) is 0 Å². The van der Waals surface area contributed by atoms with Crippen LogP contribution in [0.5, 0.6) is 0 Å². The maximum Gasteiger partial charge on any atom is 0.0920 e. The number of aliphatic hydroxyl groups is 1. The Bertz CT molecular complexity index is 1060. The van der Waals surface area contributed by atoms with Crippen LogP contribution in [0, 0.1) is 0 Å². The second kappa shape index (κ2) is 8.81. The summed E-state index contributed by atoms with van der Waals surface area (Å²) in [5.74, 6) is 0. The number of aromatic nitrogens is 1. The Morgan fingerprint density at radius 3 is 1.83 bits per heavy atom. The Morgan fingerprint density at radius 1 is 0.700 bits per heavy atom.